The van der Waals surface area contributed by atoms with Crippen LogP contribution in [0.4, 0.5) is 0 Å². The first-order chi connectivity index (χ1) is 9.24. The summed E-state index contributed by atoms with van der Waals surface area (Å²) in [6, 6.07) is 9.22. The molecule has 1 aliphatic rings. The molecule has 1 saturated carbocycles. The lowest BCUT2D eigenvalue weighted by molar-refractivity contribution is 0.261. The maximum absolute atomic E-state index is 3.48. The highest BCUT2D eigenvalue weighted by molar-refractivity contribution is 5.28. The molecule has 0 heterocycles. The zero-order chi connectivity index (χ0) is 13.7. The highest BCUT2D eigenvalue weighted by atomic mass is 15.1. The van der Waals surface area contributed by atoms with Gasteiger partial charge in [0.1, 0.15) is 0 Å². The van der Waals surface area contributed by atoms with E-state index in [1.165, 1.54) is 50.0 Å². The third-order valence-electron chi connectivity index (χ3n) is 4.31. The highest BCUT2D eigenvalue weighted by Crippen LogP contribution is 2.30. The standard InChI is InChI=1S/C17H28N2/c1-4-19(13-15-9-10-15)12-11-17(18-3)16-8-6-5-7-14(16)2/h5-8,15,17-18H,4,9-13H2,1-3H3. The second-order valence-corrected chi connectivity index (χ2v) is 5.82. The summed E-state index contributed by atoms with van der Waals surface area (Å²) < 4.78 is 0. The maximum Gasteiger partial charge on any atom is 0.0332 e. The van der Waals surface area contributed by atoms with Crippen LogP contribution in [0.25, 0.3) is 0 Å². The molecule has 1 fully saturated rings. The largest absolute Gasteiger partial charge is 0.313 e. The molecule has 19 heavy (non-hydrogen) atoms. The zero-order valence-electron chi connectivity index (χ0n) is 12.7. The predicted octanol–water partition coefficient (Wildman–Crippen LogP) is 3.38. The molecule has 0 saturated heterocycles. The molecular weight excluding hydrogens is 232 g/mol. The molecule has 0 spiro atoms. The van der Waals surface area contributed by atoms with Gasteiger partial charge in [-0.15, -0.1) is 0 Å². The molecule has 0 aromatic heterocycles. The molecule has 1 aromatic rings. The Balaban J connectivity index is 1.89. The first-order valence-corrected chi connectivity index (χ1v) is 7.69. The molecule has 0 bridgehead atoms. The highest BCUT2D eigenvalue weighted by Gasteiger charge is 2.24. The lowest BCUT2D eigenvalue weighted by Gasteiger charge is -2.25. The summed E-state index contributed by atoms with van der Waals surface area (Å²) in [6.45, 7) is 8.18. The van der Waals surface area contributed by atoms with Crippen molar-refractivity contribution in [1.29, 1.82) is 0 Å². The molecule has 1 unspecified atom stereocenters. The van der Waals surface area contributed by atoms with Crippen molar-refractivity contribution in [3.05, 3.63) is 35.4 Å². The summed E-state index contributed by atoms with van der Waals surface area (Å²) in [5, 5.41) is 3.48. The smallest absolute Gasteiger partial charge is 0.0332 e. The molecule has 0 amide bonds. The van der Waals surface area contributed by atoms with E-state index in [2.05, 4.69) is 55.4 Å². The lowest BCUT2D eigenvalue weighted by Crippen LogP contribution is -2.30. The normalized spacial score (nSPS) is 16.8. The molecule has 2 heteroatoms. The van der Waals surface area contributed by atoms with E-state index in [1.807, 2.05) is 0 Å². The van der Waals surface area contributed by atoms with Crippen molar-refractivity contribution in [2.45, 2.75) is 39.2 Å². The fraction of sp³-hybridized carbons (Fsp3) is 0.647. The monoisotopic (exact) mass is 260 g/mol. The molecule has 2 nitrogen and oxygen atoms in total. The van der Waals surface area contributed by atoms with Crippen molar-refractivity contribution >= 4 is 0 Å². The number of nitrogens with zero attached hydrogens (tertiary/aromatic N) is 1. The lowest BCUT2D eigenvalue weighted by atomic mass is 9.98. The van der Waals surface area contributed by atoms with Gasteiger partial charge in [-0.05, 0) is 63.4 Å². The van der Waals surface area contributed by atoms with Crippen LogP contribution in [0.15, 0.2) is 24.3 Å². The molecule has 0 aliphatic heterocycles. The minimum Gasteiger partial charge on any atom is -0.313 e. The topological polar surface area (TPSA) is 15.3 Å². The first kappa shape index (κ1) is 14.5. The molecule has 1 aliphatic carbocycles. The SMILES string of the molecule is CCN(CCC(NC)c1ccccc1C)CC1CC1. The van der Waals surface area contributed by atoms with Crippen LogP contribution in [0.1, 0.15) is 43.4 Å². The summed E-state index contributed by atoms with van der Waals surface area (Å²) in [5.74, 6) is 0.992. The van der Waals surface area contributed by atoms with Gasteiger partial charge in [-0.2, -0.15) is 0 Å². The first-order valence-electron chi connectivity index (χ1n) is 7.69. The molecule has 0 radical (unpaired) electrons. The van der Waals surface area contributed by atoms with Crippen LogP contribution >= 0.6 is 0 Å². The second kappa shape index (κ2) is 7.06. The Morgan fingerprint density at radius 1 is 1.32 bits per heavy atom. The summed E-state index contributed by atoms with van der Waals surface area (Å²) in [5.41, 5.74) is 2.85. The van der Waals surface area contributed by atoms with Crippen molar-refractivity contribution in [2.75, 3.05) is 26.7 Å². The number of nitrogens with one attached hydrogen (secondary N) is 1. The van der Waals surface area contributed by atoms with E-state index in [0.717, 1.165) is 5.92 Å². The van der Waals surface area contributed by atoms with Gasteiger partial charge < -0.3 is 10.2 Å². The van der Waals surface area contributed by atoms with E-state index in [1.54, 1.807) is 0 Å². The van der Waals surface area contributed by atoms with E-state index < -0.39 is 0 Å². The fourth-order valence-corrected chi connectivity index (χ4v) is 2.79. The van der Waals surface area contributed by atoms with Gasteiger partial charge in [-0.25, -0.2) is 0 Å². The Labute approximate surface area is 118 Å². The van der Waals surface area contributed by atoms with Gasteiger partial charge in [-0.3, -0.25) is 0 Å². The van der Waals surface area contributed by atoms with Crippen molar-refractivity contribution in [3.8, 4) is 0 Å². The summed E-state index contributed by atoms with van der Waals surface area (Å²) >= 11 is 0. The molecule has 106 valence electrons. The number of benzene rings is 1. The van der Waals surface area contributed by atoms with Gasteiger partial charge in [0, 0.05) is 12.6 Å². The van der Waals surface area contributed by atoms with E-state index in [4.69, 9.17) is 0 Å². The number of rotatable bonds is 8. The van der Waals surface area contributed by atoms with Crippen molar-refractivity contribution in [2.24, 2.45) is 5.92 Å². The molecule has 2 rings (SSSR count). The fourth-order valence-electron chi connectivity index (χ4n) is 2.79. The Hall–Kier alpha value is -0.860. The van der Waals surface area contributed by atoms with Crippen LogP contribution in [-0.2, 0) is 0 Å². The van der Waals surface area contributed by atoms with Crippen LogP contribution in [-0.4, -0.2) is 31.6 Å². The van der Waals surface area contributed by atoms with Gasteiger partial charge in [0.15, 0.2) is 0 Å². The van der Waals surface area contributed by atoms with E-state index >= 15 is 0 Å². The third-order valence-corrected chi connectivity index (χ3v) is 4.31. The third kappa shape index (κ3) is 4.32. The molecule has 1 aromatic carbocycles. The van der Waals surface area contributed by atoms with Gasteiger partial charge in [0.05, 0.1) is 0 Å². The number of hydrogen-bond acceptors (Lipinski definition) is 2. The Kier molecular flexibility index (Phi) is 5.41. The van der Waals surface area contributed by atoms with Crippen molar-refractivity contribution < 1.29 is 0 Å². The average Bonchev–Trinajstić information content (AvgIpc) is 3.23. The second-order valence-electron chi connectivity index (χ2n) is 5.82. The van der Waals surface area contributed by atoms with Crippen LogP contribution in [0.2, 0.25) is 0 Å². The van der Waals surface area contributed by atoms with Gasteiger partial charge >= 0.3 is 0 Å². The van der Waals surface area contributed by atoms with Gasteiger partial charge in [0.2, 0.25) is 0 Å². The number of aryl methyl sites for hydroxylation is 1. The minimum absolute atomic E-state index is 0.481. The van der Waals surface area contributed by atoms with Crippen molar-refractivity contribution in [3.63, 3.8) is 0 Å². The maximum atomic E-state index is 3.48. The zero-order valence-corrected chi connectivity index (χ0v) is 12.7. The minimum atomic E-state index is 0.481. The van der Waals surface area contributed by atoms with E-state index in [-0.39, 0.29) is 0 Å². The van der Waals surface area contributed by atoms with Crippen LogP contribution < -0.4 is 5.32 Å². The molecular formula is C17H28N2. The summed E-state index contributed by atoms with van der Waals surface area (Å²) in [7, 11) is 2.08. The van der Waals surface area contributed by atoms with Gasteiger partial charge in [0.25, 0.3) is 0 Å². The summed E-state index contributed by atoms with van der Waals surface area (Å²) in [6.07, 6.45) is 4.09. The Morgan fingerprint density at radius 2 is 2.05 bits per heavy atom. The van der Waals surface area contributed by atoms with Crippen LogP contribution in [0, 0.1) is 12.8 Å². The average molecular weight is 260 g/mol. The number of hydrogen-bond donors (Lipinski definition) is 1. The van der Waals surface area contributed by atoms with Crippen LogP contribution in [0.3, 0.4) is 0 Å². The Bertz CT molecular complexity index is 385. The summed E-state index contributed by atoms with van der Waals surface area (Å²) in [4.78, 5) is 2.61. The molecule has 1 atom stereocenters. The van der Waals surface area contributed by atoms with Gasteiger partial charge in [-0.1, -0.05) is 31.2 Å². The van der Waals surface area contributed by atoms with E-state index in [0.29, 0.717) is 6.04 Å². The van der Waals surface area contributed by atoms with E-state index in [9.17, 15) is 0 Å². The predicted molar refractivity (Wildman–Crippen MR) is 82.4 cm³/mol. The Morgan fingerprint density at radius 3 is 2.63 bits per heavy atom. The van der Waals surface area contributed by atoms with Crippen molar-refractivity contribution in [1.82, 2.24) is 10.2 Å². The van der Waals surface area contributed by atoms with Crippen LogP contribution in [0.5, 0.6) is 0 Å². The quantitative estimate of drug-likeness (QED) is 0.771. The molecule has 1 N–H and O–H groups in total.